The summed E-state index contributed by atoms with van der Waals surface area (Å²) in [5.41, 5.74) is 2.43. The van der Waals surface area contributed by atoms with Gasteiger partial charge in [-0.3, -0.25) is 4.98 Å². The third-order valence-electron chi connectivity index (χ3n) is 2.89. The lowest BCUT2D eigenvalue weighted by atomic mass is 10.1. The van der Waals surface area contributed by atoms with Crippen LogP contribution in [-0.2, 0) is 0 Å². The second kappa shape index (κ2) is 4.07. The van der Waals surface area contributed by atoms with Crippen molar-refractivity contribution in [2.75, 3.05) is 6.54 Å². The molecule has 3 heteroatoms. The second-order valence-electron chi connectivity index (χ2n) is 4.19. The van der Waals surface area contributed by atoms with Crippen LogP contribution in [0.25, 0.3) is 10.9 Å². The lowest BCUT2D eigenvalue weighted by Gasteiger charge is -2.10. The zero-order chi connectivity index (χ0) is 11.0. The maximum Gasteiger partial charge on any atom is 0.0793 e. The maximum absolute atomic E-state index is 4.34. The molecule has 82 valence electrons. The number of hydrogen-bond donors (Lipinski definition) is 1. The number of pyridine rings is 1. The molecular formula is C13H14N2S. The van der Waals surface area contributed by atoms with E-state index in [0.29, 0.717) is 10.6 Å². The van der Waals surface area contributed by atoms with Gasteiger partial charge in [0.25, 0.3) is 0 Å². The van der Waals surface area contributed by atoms with Gasteiger partial charge in [0.2, 0.25) is 0 Å². The van der Waals surface area contributed by atoms with E-state index in [-0.39, 0.29) is 0 Å². The van der Waals surface area contributed by atoms with E-state index in [0.717, 1.165) is 12.1 Å². The van der Waals surface area contributed by atoms with Crippen molar-refractivity contribution in [2.24, 2.45) is 0 Å². The summed E-state index contributed by atoms with van der Waals surface area (Å²) in [4.78, 5) is 4.34. The molecule has 3 rings (SSSR count). The first-order chi connectivity index (χ1) is 7.83. The van der Waals surface area contributed by atoms with Crippen LogP contribution >= 0.6 is 11.8 Å². The summed E-state index contributed by atoms with van der Waals surface area (Å²) in [5, 5.41) is 5.90. The summed E-state index contributed by atoms with van der Waals surface area (Å²) in [6.07, 6.45) is 1.84. The Morgan fingerprint density at radius 1 is 1.38 bits per heavy atom. The van der Waals surface area contributed by atoms with E-state index in [1.54, 1.807) is 0 Å². The monoisotopic (exact) mass is 230 g/mol. The molecule has 0 spiro atoms. The normalized spacial score (nSPS) is 25.1. The van der Waals surface area contributed by atoms with Gasteiger partial charge in [0.05, 0.1) is 10.9 Å². The molecule has 1 aliphatic heterocycles. The lowest BCUT2D eigenvalue weighted by Crippen LogP contribution is -2.13. The standard InChI is InChI=1S/C13H14N2S/c1-9-8-15-13(16-9)11-4-5-12-10(7-11)3-2-6-14-12/h2-7,9,13,15H,8H2,1H3. The third kappa shape index (κ3) is 1.81. The quantitative estimate of drug-likeness (QED) is 0.815. The highest BCUT2D eigenvalue weighted by molar-refractivity contribution is 8.00. The molecule has 2 nitrogen and oxygen atoms in total. The molecule has 2 heterocycles. The SMILES string of the molecule is CC1CNC(c2ccc3ncccc3c2)S1. The summed E-state index contributed by atoms with van der Waals surface area (Å²) in [7, 11) is 0. The Bertz CT molecular complexity index is 512. The van der Waals surface area contributed by atoms with Gasteiger partial charge in [-0.25, -0.2) is 0 Å². The molecule has 16 heavy (non-hydrogen) atoms. The minimum absolute atomic E-state index is 0.444. The molecule has 1 saturated heterocycles. The largest absolute Gasteiger partial charge is 0.301 e. The Morgan fingerprint density at radius 3 is 3.12 bits per heavy atom. The molecule has 2 atom stereocenters. The molecule has 0 aliphatic carbocycles. The van der Waals surface area contributed by atoms with E-state index in [4.69, 9.17) is 0 Å². The second-order valence-corrected chi connectivity index (χ2v) is 5.74. The van der Waals surface area contributed by atoms with E-state index >= 15 is 0 Å². The number of aromatic nitrogens is 1. The van der Waals surface area contributed by atoms with Gasteiger partial charge in [0, 0.05) is 23.4 Å². The van der Waals surface area contributed by atoms with Crippen LogP contribution in [0.1, 0.15) is 17.9 Å². The number of benzene rings is 1. The number of nitrogens with one attached hydrogen (secondary N) is 1. The molecule has 0 saturated carbocycles. The summed E-state index contributed by atoms with van der Waals surface area (Å²) in [6, 6.07) is 10.6. The first kappa shape index (κ1) is 10.1. The van der Waals surface area contributed by atoms with Crippen molar-refractivity contribution in [1.29, 1.82) is 0 Å². The molecule has 2 unspecified atom stereocenters. The zero-order valence-electron chi connectivity index (χ0n) is 9.18. The first-order valence-electron chi connectivity index (χ1n) is 5.56. The lowest BCUT2D eigenvalue weighted by molar-refractivity contribution is 0.718. The molecule has 1 aliphatic rings. The van der Waals surface area contributed by atoms with Gasteiger partial charge < -0.3 is 5.32 Å². The fourth-order valence-electron chi connectivity index (χ4n) is 2.06. The molecule has 1 fully saturated rings. The molecule has 1 N–H and O–H groups in total. The smallest absolute Gasteiger partial charge is 0.0793 e. The van der Waals surface area contributed by atoms with Crippen molar-refractivity contribution in [1.82, 2.24) is 10.3 Å². The van der Waals surface area contributed by atoms with Crippen LogP contribution in [0, 0.1) is 0 Å². The summed E-state index contributed by atoms with van der Waals surface area (Å²) in [5.74, 6) is 0. The van der Waals surface area contributed by atoms with Gasteiger partial charge >= 0.3 is 0 Å². The van der Waals surface area contributed by atoms with Gasteiger partial charge in [0.1, 0.15) is 0 Å². The van der Waals surface area contributed by atoms with Crippen LogP contribution in [0.3, 0.4) is 0 Å². The Morgan fingerprint density at radius 2 is 2.31 bits per heavy atom. The fourth-order valence-corrected chi connectivity index (χ4v) is 3.21. The van der Waals surface area contributed by atoms with Crippen LogP contribution in [0.2, 0.25) is 0 Å². The number of fused-ring (bicyclic) bond motifs is 1. The van der Waals surface area contributed by atoms with Gasteiger partial charge in [0.15, 0.2) is 0 Å². The average Bonchev–Trinajstić information content (AvgIpc) is 2.75. The van der Waals surface area contributed by atoms with Gasteiger partial charge in [-0.15, -0.1) is 11.8 Å². The van der Waals surface area contributed by atoms with Crippen LogP contribution in [0.15, 0.2) is 36.5 Å². The average molecular weight is 230 g/mol. The van der Waals surface area contributed by atoms with E-state index < -0.39 is 0 Å². The highest BCUT2D eigenvalue weighted by atomic mass is 32.2. The Labute approximate surface area is 99.5 Å². The minimum atomic E-state index is 0.444. The van der Waals surface area contributed by atoms with E-state index in [1.807, 2.05) is 24.0 Å². The number of hydrogen-bond acceptors (Lipinski definition) is 3. The highest BCUT2D eigenvalue weighted by Gasteiger charge is 2.22. The van der Waals surface area contributed by atoms with Gasteiger partial charge in [-0.1, -0.05) is 19.1 Å². The number of rotatable bonds is 1. The molecule has 0 amide bonds. The minimum Gasteiger partial charge on any atom is -0.301 e. The molecule has 1 aromatic carbocycles. The third-order valence-corrected chi connectivity index (χ3v) is 4.23. The van der Waals surface area contributed by atoms with Gasteiger partial charge in [-0.2, -0.15) is 0 Å². The zero-order valence-corrected chi connectivity index (χ0v) is 10.00. The Hall–Kier alpha value is -1.06. The van der Waals surface area contributed by atoms with Crippen LogP contribution < -0.4 is 5.32 Å². The maximum atomic E-state index is 4.34. The topological polar surface area (TPSA) is 24.9 Å². The van der Waals surface area contributed by atoms with Crippen LogP contribution in [0.5, 0.6) is 0 Å². The predicted octanol–water partition coefficient (Wildman–Crippen LogP) is 2.96. The number of thioether (sulfide) groups is 1. The molecule has 1 aromatic heterocycles. The van der Waals surface area contributed by atoms with Crippen molar-refractivity contribution < 1.29 is 0 Å². The van der Waals surface area contributed by atoms with Gasteiger partial charge in [-0.05, 0) is 23.8 Å². The highest BCUT2D eigenvalue weighted by Crippen LogP contribution is 2.35. The van der Waals surface area contributed by atoms with Crippen molar-refractivity contribution in [3.63, 3.8) is 0 Å². The number of nitrogens with zero attached hydrogens (tertiary/aromatic N) is 1. The molecular weight excluding hydrogens is 216 g/mol. The Kier molecular flexibility index (Phi) is 2.58. The molecule has 0 radical (unpaired) electrons. The summed E-state index contributed by atoms with van der Waals surface area (Å²) in [6.45, 7) is 3.36. The fraction of sp³-hybridized carbons (Fsp3) is 0.308. The molecule has 0 bridgehead atoms. The summed E-state index contributed by atoms with van der Waals surface area (Å²) < 4.78 is 0. The van der Waals surface area contributed by atoms with Crippen molar-refractivity contribution in [2.45, 2.75) is 17.5 Å². The van der Waals surface area contributed by atoms with E-state index in [9.17, 15) is 0 Å². The van der Waals surface area contributed by atoms with E-state index in [1.165, 1.54) is 10.9 Å². The van der Waals surface area contributed by atoms with E-state index in [2.05, 4.69) is 41.5 Å². The van der Waals surface area contributed by atoms with Crippen molar-refractivity contribution in [3.05, 3.63) is 42.1 Å². The predicted molar refractivity (Wildman–Crippen MR) is 69.5 cm³/mol. The summed E-state index contributed by atoms with van der Waals surface area (Å²) >= 11 is 2.00. The Balaban J connectivity index is 1.99. The van der Waals surface area contributed by atoms with Crippen molar-refractivity contribution in [3.8, 4) is 0 Å². The van der Waals surface area contributed by atoms with Crippen LogP contribution in [-0.4, -0.2) is 16.8 Å². The van der Waals surface area contributed by atoms with Crippen LogP contribution in [0.4, 0.5) is 0 Å². The molecule has 2 aromatic rings. The first-order valence-corrected chi connectivity index (χ1v) is 6.51. The van der Waals surface area contributed by atoms with Crippen molar-refractivity contribution >= 4 is 22.7 Å².